The van der Waals surface area contributed by atoms with Crippen molar-refractivity contribution < 1.29 is 18.7 Å². The van der Waals surface area contributed by atoms with E-state index in [-0.39, 0.29) is 17.7 Å². The molecule has 1 aromatic heterocycles. The zero-order chi connectivity index (χ0) is 27.9. The first kappa shape index (κ1) is 29.0. The third-order valence-corrected chi connectivity index (χ3v) is 12.6. The van der Waals surface area contributed by atoms with Crippen molar-refractivity contribution in [3.05, 3.63) is 114 Å². The molecule has 0 saturated carbocycles. The molecule has 0 saturated heterocycles. The highest BCUT2D eigenvalue weighted by molar-refractivity contribution is 6.99. The van der Waals surface area contributed by atoms with E-state index in [1.54, 1.807) is 0 Å². The summed E-state index contributed by atoms with van der Waals surface area (Å²) >= 11 is 0. The fourth-order valence-electron chi connectivity index (χ4n) is 5.55. The monoisotopic (exact) mass is 542 g/mol. The standard InChI is InChI=1S/C34H42O4Si/c1-6-27(23-28-18-19-29(24-35)38-28)17-20-33-32(21-22-36-33)26(2)25-37-39(34(3,4)5,30-13-9-7-10-14-30)31-15-11-8-12-16-31/h7-16,18-19,21,23,33,35H,2,6,17,20,22,24-25H2,1,3-5H3/b27-23+. The van der Waals surface area contributed by atoms with Crippen LogP contribution < -0.4 is 10.4 Å². The summed E-state index contributed by atoms with van der Waals surface area (Å²) in [4.78, 5) is 0. The molecule has 0 fully saturated rings. The molecule has 0 aliphatic carbocycles. The predicted octanol–water partition coefficient (Wildman–Crippen LogP) is 6.80. The molecule has 1 N–H and O–H groups in total. The minimum atomic E-state index is -2.64. The second kappa shape index (κ2) is 12.9. The Morgan fingerprint density at radius 1 is 1.03 bits per heavy atom. The largest absolute Gasteiger partial charge is 0.459 e. The lowest BCUT2D eigenvalue weighted by Gasteiger charge is -2.43. The van der Waals surface area contributed by atoms with Gasteiger partial charge in [0.2, 0.25) is 0 Å². The molecule has 0 amide bonds. The van der Waals surface area contributed by atoms with Crippen LogP contribution in [0.1, 0.15) is 58.5 Å². The summed E-state index contributed by atoms with van der Waals surface area (Å²) in [6.45, 7) is 14.5. The van der Waals surface area contributed by atoms with Gasteiger partial charge in [-0.2, -0.15) is 0 Å². The van der Waals surface area contributed by atoms with Crippen LogP contribution in [0.15, 0.2) is 107 Å². The molecule has 0 bridgehead atoms. The first-order chi connectivity index (χ1) is 18.8. The van der Waals surface area contributed by atoms with E-state index < -0.39 is 8.32 Å². The van der Waals surface area contributed by atoms with Crippen molar-refractivity contribution in [3.8, 4) is 0 Å². The van der Waals surface area contributed by atoms with Gasteiger partial charge in [-0.05, 0) is 64.0 Å². The molecule has 1 atom stereocenters. The Kier molecular flexibility index (Phi) is 9.62. The van der Waals surface area contributed by atoms with Crippen molar-refractivity contribution >= 4 is 24.8 Å². The topological polar surface area (TPSA) is 51.8 Å². The molecule has 2 heterocycles. The number of aliphatic hydroxyl groups excluding tert-OH is 1. The zero-order valence-corrected chi connectivity index (χ0v) is 24.8. The lowest BCUT2D eigenvalue weighted by Crippen LogP contribution is -2.66. The van der Waals surface area contributed by atoms with Crippen molar-refractivity contribution in [2.45, 2.75) is 64.7 Å². The van der Waals surface area contributed by atoms with Crippen molar-refractivity contribution in [3.63, 3.8) is 0 Å². The van der Waals surface area contributed by atoms with Gasteiger partial charge in [0, 0.05) is 0 Å². The molecule has 0 spiro atoms. The summed E-state index contributed by atoms with van der Waals surface area (Å²) in [5.41, 5.74) is 3.44. The Bertz CT molecular complexity index is 1240. The van der Waals surface area contributed by atoms with Crippen LogP contribution in [0.5, 0.6) is 0 Å². The Morgan fingerprint density at radius 2 is 1.67 bits per heavy atom. The number of ether oxygens (including phenoxy) is 1. The van der Waals surface area contributed by atoms with Crippen molar-refractivity contribution in [1.82, 2.24) is 0 Å². The number of benzene rings is 2. The van der Waals surface area contributed by atoms with Crippen molar-refractivity contribution in [1.29, 1.82) is 0 Å². The maximum absolute atomic E-state index is 9.28. The van der Waals surface area contributed by atoms with Gasteiger partial charge in [0.25, 0.3) is 8.32 Å². The average molecular weight is 543 g/mol. The maximum Gasteiger partial charge on any atom is 0.261 e. The second-order valence-corrected chi connectivity index (χ2v) is 15.5. The molecule has 4 nitrogen and oxygen atoms in total. The highest BCUT2D eigenvalue weighted by Gasteiger charge is 2.50. The average Bonchev–Trinajstić information content (AvgIpc) is 3.61. The normalized spacial score (nSPS) is 16.4. The molecule has 3 aromatic rings. The van der Waals surface area contributed by atoms with Crippen LogP contribution in [-0.4, -0.2) is 32.7 Å². The maximum atomic E-state index is 9.28. The van der Waals surface area contributed by atoms with Crippen LogP contribution in [0.4, 0.5) is 0 Å². The molecule has 1 aliphatic rings. The molecule has 2 aromatic carbocycles. The van der Waals surface area contributed by atoms with Gasteiger partial charge >= 0.3 is 0 Å². The minimum Gasteiger partial charge on any atom is -0.459 e. The Hall–Kier alpha value is -2.96. The Morgan fingerprint density at radius 3 is 2.21 bits per heavy atom. The number of aliphatic hydroxyl groups is 1. The number of rotatable bonds is 12. The lowest BCUT2D eigenvalue weighted by molar-refractivity contribution is 0.115. The van der Waals surface area contributed by atoms with Crippen LogP contribution in [0.25, 0.3) is 6.08 Å². The van der Waals surface area contributed by atoms with E-state index in [0.717, 1.165) is 36.2 Å². The van der Waals surface area contributed by atoms with Crippen molar-refractivity contribution in [2.75, 3.05) is 13.2 Å². The van der Waals surface area contributed by atoms with Gasteiger partial charge in [0.15, 0.2) is 0 Å². The summed E-state index contributed by atoms with van der Waals surface area (Å²) in [6, 6.07) is 25.2. The van der Waals surface area contributed by atoms with E-state index in [2.05, 4.69) is 107 Å². The van der Waals surface area contributed by atoms with Crippen LogP contribution >= 0.6 is 0 Å². The number of hydrogen-bond donors (Lipinski definition) is 1. The Labute approximate surface area is 234 Å². The first-order valence-electron chi connectivity index (χ1n) is 13.9. The van der Waals surface area contributed by atoms with E-state index >= 15 is 0 Å². The van der Waals surface area contributed by atoms with Crippen LogP contribution in [0.2, 0.25) is 5.04 Å². The SMILES string of the molecule is C=C(CO[Si](c1ccccc1)(c1ccccc1)C(C)(C)C)C1=CCOC1CC/C(=C/c1ccc(CO)o1)CC. The zero-order valence-electron chi connectivity index (χ0n) is 23.8. The summed E-state index contributed by atoms with van der Waals surface area (Å²) < 4.78 is 18.9. The molecule has 39 heavy (non-hydrogen) atoms. The fraction of sp³-hybridized carbons (Fsp3) is 0.353. The van der Waals surface area contributed by atoms with Crippen LogP contribution in [0.3, 0.4) is 0 Å². The van der Waals surface area contributed by atoms with Crippen molar-refractivity contribution in [2.24, 2.45) is 0 Å². The molecule has 1 unspecified atom stereocenters. The molecule has 206 valence electrons. The van der Waals surface area contributed by atoms with Gasteiger partial charge in [0.05, 0.1) is 19.3 Å². The number of hydrogen-bond acceptors (Lipinski definition) is 4. The van der Waals surface area contributed by atoms with Crippen LogP contribution in [0, 0.1) is 0 Å². The summed E-state index contributed by atoms with van der Waals surface area (Å²) in [6.07, 6.45) is 6.95. The number of allylic oxidation sites excluding steroid dienone is 1. The van der Waals surface area contributed by atoms with E-state index in [0.29, 0.717) is 19.0 Å². The van der Waals surface area contributed by atoms with Gasteiger partial charge in [-0.15, -0.1) is 0 Å². The van der Waals surface area contributed by atoms with Crippen LogP contribution in [-0.2, 0) is 15.8 Å². The number of furan rings is 1. The minimum absolute atomic E-state index is 0.000178. The molecule has 5 heteroatoms. The summed E-state index contributed by atoms with van der Waals surface area (Å²) in [5.74, 6) is 1.36. The highest BCUT2D eigenvalue weighted by atomic mass is 28.4. The smallest absolute Gasteiger partial charge is 0.261 e. The molecule has 0 radical (unpaired) electrons. The summed E-state index contributed by atoms with van der Waals surface area (Å²) in [7, 11) is -2.64. The second-order valence-electron chi connectivity index (χ2n) is 11.2. The first-order valence-corrected chi connectivity index (χ1v) is 15.8. The third kappa shape index (κ3) is 6.61. The highest BCUT2D eigenvalue weighted by Crippen LogP contribution is 2.38. The van der Waals surface area contributed by atoms with E-state index in [1.807, 2.05) is 12.1 Å². The predicted molar refractivity (Wildman–Crippen MR) is 163 cm³/mol. The lowest BCUT2D eigenvalue weighted by atomic mass is 9.96. The molecule has 4 rings (SSSR count). The third-order valence-electron chi connectivity index (χ3n) is 7.60. The van der Waals surface area contributed by atoms with Gasteiger partial charge in [0.1, 0.15) is 18.1 Å². The van der Waals surface area contributed by atoms with E-state index in [9.17, 15) is 5.11 Å². The van der Waals surface area contributed by atoms with Gasteiger partial charge in [-0.3, -0.25) is 0 Å². The van der Waals surface area contributed by atoms with Gasteiger partial charge in [-0.1, -0.05) is 107 Å². The molecular formula is C34H42O4Si. The molecule has 1 aliphatic heterocycles. The fourth-order valence-corrected chi connectivity index (χ4v) is 10.1. The van der Waals surface area contributed by atoms with E-state index in [4.69, 9.17) is 13.6 Å². The Balaban J connectivity index is 1.50. The quantitative estimate of drug-likeness (QED) is 0.256. The van der Waals surface area contributed by atoms with Gasteiger partial charge < -0.3 is 18.7 Å². The van der Waals surface area contributed by atoms with E-state index in [1.165, 1.54) is 15.9 Å². The molecular weight excluding hydrogens is 500 g/mol. The van der Waals surface area contributed by atoms with Gasteiger partial charge in [-0.25, -0.2) is 0 Å². The summed E-state index contributed by atoms with van der Waals surface area (Å²) in [5, 5.41) is 11.7.